The largest absolute Gasteiger partial charge is 0.340 e. The zero-order chi connectivity index (χ0) is 13.5. The molecule has 1 aromatic carbocycles. The zero-order valence-corrected chi connectivity index (χ0v) is 11.3. The van der Waals surface area contributed by atoms with Crippen molar-refractivity contribution in [2.24, 2.45) is 0 Å². The van der Waals surface area contributed by atoms with E-state index >= 15 is 0 Å². The molecule has 5 heteroatoms. The summed E-state index contributed by atoms with van der Waals surface area (Å²) in [6.07, 6.45) is 4.23. The van der Waals surface area contributed by atoms with Crippen LogP contribution in [0.25, 0.3) is 0 Å². The molecule has 3 nitrogen and oxygen atoms in total. The van der Waals surface area contributed by atoms with Gasteiger partial charge in [0.05, 0.1) is 11.6 Å². The molecule has 0 bridgehead atoms. The van der Waals surface area contributed by atoms with Crippen molar-refractivity contribution in [3.8, 4) is 0 Å². The third kappa shape index (κ3) is 2.47. The second-order valence-corrected chi connectivity index (χ2v) is 5.22. The van der Waals surface area contributed by atoms with Gasteiger partial charge in [0.2, 0.25) is 5.79 Å². The normalized spacial score (nSPS) is 29.9. The van der Waals surface area contributed by atoms with Gasteiger partial charge in [0.25, 0.3) is 0 Å². The van der Waals surface area contributed by atoms with Crippen molar-refractivity contribution in [1.82, 2.24) is 0 Å². The molecule has 3 rings (SSSR count). The van der Waals surface area contributed by atoms with E-state index in [4.69, 9.17) is 32.7 Å². The molecule has 0 aromatic heterocycles. The first-order valence-electron chi connectivity index (χ1n) is 5.77. The minimum absolute atomic E-state index is 0.110. The van der Waals surface area contributed by atoms with Gasteiger partial charge in [-0.05, 0) is 29.8 Å². The van der Waals surface area contributed by atoms with Crippen molar-refractivity contribution in [2.75, 3.05) is 6.61 Å². The summed E-state index contributed by atoms with van der Waals surface area (Å²) in [6.45, 7) is 0.390. The number of allylic oxidation sites excluding steroid dienone is 2. The minimum Gasteiger partial charge on any atom is -0.340 e. The predicted octanol–water partition coefficient (Wildman–Crippen LogP) is 3.39. The van der Waals surface area contributed by atoms with Crippen molar-refractivity contribution >= 4 is 29.0 Å². The Morgan fingerprint density at radius 3 is 2.63 bits per heavy atom. The summed E-state index contributed by atoms with van der Waals surface area (Å²) in [6, 6.07) is 7.37. The van der Waals surface area contributed by atoms with Crippen LogP contribution in [0.5, 0.6) is 0 Å². The van der Waals surface area contributed by atoms with Crippen molar-refractivity contribution < 1.29 is 14.3 Å². The lowest BCUT2D eigenvalue weighted by molar-refractivity contribution is -0.114. The highest BCUT2D eigenvalue weighted by atomic mass is 35.5. The number of hydrogen-bond acceptors (Lipinski definition) is 3. The number of carbonyl (C=O) groups excluding carboxylic acids is 1. The molecular formula is C14H10Cl2O3. The van der Waals surface area contributed by atoms with Crippen LogP contribution in [0, 0.1) is 0 Å². The van der Waals surface area contributed by atoms with Crippen molar-refractivity contribution in [1.29, 1.82) is 0 Å². The third-order valence-corrected chi connectivity index (χ3v) is 3.61. The molecule has 1 spiro atoms. The fourth-order valence-corrected chi connectivity index (χ4v) is 2.41. The fraction of sp³-hybridized carbons (Fsp3) is 0.214. The lowest BCUT2D eigenvalue weighted by atomic mass is 10.1. The number of benzene rings is 1. The maximum atomic E-state index is 11.3. The Morgan fingerprint density at radius 1 is 1.21 bits per heavy atom. The SMILES string of the molecule is O=C1C=C[C@]2(C=C1Cl)OC[C@@H](c1ccc(Cl)cc1)O2. The first-order chi connectivity index (χ1) is 9.08. The summed E-state index contributed by atoms with van der Waals surface area (Å²) >= 11 is 11.7. The van der Waals surface area contributed by atoms with E-state index in [1.54, 1.807) is 18.2 Å². The maximum Gasteiger partial charge on any atom is 0.211 e. The lowest BCUT2D eigenvalue weighted by Crippen LogP contribution is -2.28. The van der Waals surface area contributed by atoms with Crippen molar-refractivity contribution in [3.63, 3.8) is 0 Å². The van der Waals surface area contributed by atoms with Crippen molar-refractivity contribution in [3.05, 3.63) is 58.1 Å². The van der Waals surface area contributed by atoms with Gasteiger partial charge in [-0.1, -0.05) is 35.3 Å². The fourth-order valence-electron chi connectivity index (χ4n) is 2.07. The van der Waals surface area contributed by atoms with Gasteiger partial charge in [0.1, 0.15) is 6.10 Å². The molecule has 19 heavy (non-hydrogen) atoms. The minimum atomic E-state index is -1.03. The second-order valence-electron chi connectivity index (χ2n) is 4.38. The molecule has 1 fully saturated rings. The molecule has 1 heterocycles. The Bertz CT molecular complexity index is 577. The standard InChI is InChI=1S/C14H10Cl2O3/c15-10-3-1-9(2-4-10)13-8-18-14(19-13)6-5-12(17)11(16)7-14/h1-7,13H,8H2/t13-,14-/m0/s1. The van der Waals surface area contributed by atoms with Crippen LogP contribution in [0.1, 0.15) is 11.7 Å². The lowest BCUT2D eigenvalue weighted by Gasteiger charge is -2.23. The van der Waals surface area contributed by atoms with E-state index in [9.17, 15) is 4.79 Å². The van der Waals surface area contributed by atoms with Gasteiger partial charge >= 0.3 is 0 Å². The first-order valence-corrected chi connectivity index (χ1v) is 6.53. The highest BCUT2D eigenvalue weighted by Gasteiger charge is 2.40. The quantitative estimate of drug-likeness (QED) is 0.797. The molecular weight excluding hydrogens is 287 g/mol. The van der Waals surface area contributed by atoms with Crippen LogP contribution < -0.4 is 0 Å². The molecule has 98 valence electrons. The Labute approximate surface area is 120 Å². The summed E-state index contributed by atoms with van der Waals surface area (Å²) in [4.78, 5) is 11.3. The van der Waals surface area contributed by atoms with Gasteiger partial charge in [-0.25, -0.2) is 0 Å². The van der Waals surface area contributed by atoms with E-state index in [1.165, 1.54) is 12.2 Å². The van der Waals surface area contributed by atoms with Crippen molar-refractivity contribution in [2.45, 2.75) is 11.9 Å². The van der Waals surface area contributed by atoms with Crippen LogP contribution in [0.2, 0.25) is 5.02 Å². The average Bonchev–Trinajstić information content (AvgIpc) is 2.80. The highest BCUT2D eigenvalue weighted by Crippen LogP contribution is 2.38. The van der Waals surface area contributed by atoms with E-state index < -0.39 is 5.79 Å². The maximum absolute atomic E-state index is 11.3. The summed E-state index contributed by atoms with van der Waals surface area (Å²) in [7, 11) is 0. The van der Waals surface area contributed by atoms with Gasteiger partial charge in [-0.15, -0.1) is 0 Å². The van der Waals surface area contributed by atoms with Gasteiger partial charge in [0, 0.05) is 11.1 Å². The summed E-state index contributed by atoms with van der Waals surface area (Å²) in [5.41, 5.74) is 0.969. The van der Waals surface area contributed by atoms with E-state index in [-0.39, 0.29) is 16.9 Å². The molecule has 1 aromatic rings. The zero-order valence-electron chi connectivity index (χ0n) is 9.81. The number of hydrogen-bond donors (Lipinski definition) is 0. The molecule has 1 aliphatic carbocycles. The van der Waals surface area contributed by atoms with E-state index in [0.29, 0.717) is 11.6 Å². The summed E-state index contributed by atoms with van der Waals surface area (Å²) in [5, 5.41) is 0.780. The molecule has 1 aliphatic heterocycles. The molecule has 0 unspecified atom stereocenters. The number of rotatable bonds is 1. The second kappa shape index (κ2) is 4.76. The first kappa shape index (κ1) is 12.9. The van der Waals surface area contributed by atoms with E-state index in [0.717, 1.165) is 5.56 Å². The molecule has 0 radical (unpaired) electrons. The molecule has 0 N–H and O–H groups in total. The topological polar surface area (TPSA) is 35.5 Å². The Hall–Kier alpha value is -1.13. The molecule has 1 saturated heterocycles. The number of carbonyl (C=O) groups is 1. The van der Waals surface area contributed by atoms with Crippen LogP contribution in [0.15, 0.2) is 47.5 Å². The number of halogens is 2. The van der Waals surface area contributed by atoms with Gasteiger partial charge in [-0.3, -0.25) is 4.79 Å². The summed E-state index contributed by atoms with van der Waals surface area (Å²) in [5.74, 6) is -1.27. The smallest absolute Gasteiger partial charge is 0.211 e. The molecule has 0 saturated carbocycles. The highest BCUT2D eigenvalue weighted by molar-refractivity contribution is 6.44. The number of ether oxygens (including phenoxy) is 2. The molecule has 2 atom stereocenters. The predicted molar refractivity (Wildman–Crippen MR) is 72.0 cm³/mol. The number of ketones is 1. The molecule has 2 aliphatic rings. The van der Waals surface area contributed by atoms with Crippen LogP contribution in [-0.2, 0) is 14.3 Å². The Kier molecular flexibility index (Phi) is 3.23. The Morgan fingerprint density at radius 2 is 1.95 bits per heavy atom. The van der Waals surface area contributed by atoms with E-state index in [1.807, 2.05) is 12.1 Å². The van der Waals surface area contributed by atoms with Crippen LogP contribution in [0.4, 0.5) is 0 Å². The van der Waals surface area contributed by atoms with E-state index in [2.05, 4.69) is 0 Å². The Balaban J connectivity index is 1.83. The van der Waals surface area contributed by atoms with Gasteiger partial charge in [0.15, 0.2) is 5.78 Å². The third-order valence-electron chi connectivity index (χ3n) is 3.06. The summed E-state index contributed by atoms with van der Waals surface area (Å²) < 4.78 is 11.5. The average molecular weight is 297 g/mol. The van der Waals surface area contributed by atoms with Gasteiger partial charge < -0.3 is 9.47 Å². The van der Waals surface area contributed by atoms with Crippen LogP contribution in [-0.4, -0.2) is 18.2 Å². The molecule has 0 amide bonds. The van der Waals surface area contributed by atoms with Gasteiger partial charge in [-0.2, -0.15) is 0 Å². The van der Waals surface area contributed by atoms with Crippen LogP contribution in [0.3, 0.4) is 0 Å². The monoisotopic (exact) mass is 296 g/mol. The van der Waals surface area contributed by atoms with Crippen LogP contribution >= 0.6 is 23.2 Å².